The van der Waals surface area contributed by atoms with E-state index in [2.05, 4.69) is 194 Å². The molecule has 0 N–H and O–H groups in total. The maximum atomic E-state index is 4.63. The molecule has 5 nitrogen and oxygen atoms in total. The van der Waals surface area contributed by atoms with Crippen LogP contribution in [0.3, 0.4) is 0 Å². The van der Waals surface area contributed by atoms with Gasteiger partial charge in [0, 0.05) is 56.7 Å². The Bertz CT molecular complexity index is 2800. The van der Waals surface area contributed by atoms with E-state index in [1.54, 1.807) is 12.4 Å². The molecule has 0 saturated heterocycles. The lowest BCUT2D eigenvalue weighted by atomic mass is 10.0. The third kappa shape index (κ3) is 4.78. The van der Waals surface area contributed by atoms with Gasteiger partial charge in [-0.1, -0.05) is 84.9 Å². The Kier molecular flexibility index (Phi) is 6.74. The topological polar surface area (TPSA) is 38.9 Å². The van der Waals surface area contributed by atoms with Crippen molar-refractivity contribution in [3.8, 4) is 22.6 Å². The van der Waals surface area contributed by atoms with Crippen LogP contribution in [0.15, 0.2) is 188 Å². The number of aromatic nitrogens is 4. The van der Waals surface area contributed by atoms with E-state index < -0.39 is 0 Å². The molecule has 0 atom stereocenters. The Hall–Kier alpha value is -6.98. The van der Waals surface area contributed by atoms with Crippen molar-refractivity contribution in [2.24, 2.45) is 0 Å². The summed E-state index contributed by atoms with van der Waals surface area (Å²) in [6.07, 6.45) is 5.27. The first kappa shape index (κ1) is 29.0. The molecule has 0 unspecified atom stereocenters. The van der Waals surface area contributed by atoms with Gasteiger partial charge in [0.15, 0.2) is 5.82 Å². The fourth-order valence-electron chi connectivity index (χ4n) is 7.59. The zero-order chi connectivity index (χ0) is 33.7. The number of hydrogen-bond donors (Lipinski definition) is 0. The van der Waals surface area contributed by atoms with Crippen molar-refractivity contribution in [3.63, 3.8) is 0 Å². The van der Waals surface area contributed by atoms with E-state index in [9.17, 15) is 0 Å². The van der Waals surface area contributed by atoms with Gasteiger partial charge in [0.2, 0.25) is 0 Å². The summed E-state index contributed by atoms with van der Waals surface area (Å²) in [5.41, 5.74) is 11.4. The van der Waals surface area contributed by atoms with E-state index in [4.69, 9.17) is 0 Å². The van der Waals surface area contributed by atoms with Gasteiger partial charge in [-0.05, 0) is 96.1 Å². The molecule has 0 aliphatic rings. The Balaban J connectivity index is 1.09. The van der Waals surface area contributed by atoms with E-state index in [0.717, 1.165) is 39.6 Å². The molecule has 0 bridgehead atoms. The van der Waals surface area contributed by atoms with Gasteiger partial charge in [-0.25, -0.2) is 4.98 Å². The minimum atomic E-state index is 0.812. The normalized spacial score (nSPS) is 11.5. The number of para-hydroxylation sites is 4. The summed E-state index contributed by atoms with van der Waals surface area (Å²) in [4.78, 5) is 11.3. The van der Waals surface area contributed by atoms with Gasteiger partial charge in [-0.15, -0.1) is 0 Å². The molecule has 0 amide bonds. The summed E-state index contributed by atoms with van der Waals surface area (Å²) >= 11 is 0. The second kappa shape index (κ2) is 11.9. The number of rotatable bonds is 6. The zero-order valence-corrected chi connectivity index (χ0v) is 27.6. The number of hydrogen-bond acceptors (Lipinski definition) is 3. The highest BCUT2D eigenvalue weighted by Crippen LogP contribution is 2.39. The zero-order valence-electron chi connectivity index (χ0n) is 27.6. The minimum absolute atomic E-state index is 0.812. The van der Waals surface area contributed by atoms with Crippen LogP contribution in [0, 0.1) is 0 Å². The number of nitrogens with zero attached hydrogens (tertiary/aromatic N) is 5. The quantitative estimate of drug-likeness (QED) is 0.179. The van der Waals surface area contributed by atoms with Gasteiger partial charge in [-0.2, -0.15) is 0 Å². The van der Waals surface area contributed by atoms with E-state index in [-0.39, 0.29) is 0 Å². The molecular weight excluding hydrogens is 623 g/mol. The molecule has 5 heteroatoms. The molecule has 10 aromatic rings. The standard InChI is InChI=1S/C46H31N5/c1-3-11-34(12-4-1)49(35-13-5-2-6-14-35)36-21-23-37(24-22-36)50-42-17-9-7-15-38(42)40-29-32(19-25-44(40)50)33-20-26-45-41(30-33)39-16-8-10-18-43(39)51(45)46-31-47-27-28-48-46/h1-31H. The fraction of sp³-hybridized carbons (Fsp3) is 0. The van der Waals surface area contributed by atoms with E-state index >= 15 is 0 Å². The molecule has 51 heavy (non-hydrogen) atoms. The van der Waals surface area contributed by atoms with Crippen molar-refractivity contribution in [2.75, 3.05) is 4.90 Å². The SMILES string of the molecule is c1ccc(N(c2ccccc2)c2ccc(-n3c4ccccc4c4cc(-c5ccc6c(c5)c5ccccc5n6-c5cnccn5)ccc43)cc2)cc1. The van der Waals surface area contributed by atoms with Crippen LogP contribution in [-0.2, 0) is 0 Å². The van der Waals surface area contributed by atoms with Crippen LogP contribution in [0.5, 0.6) is 0 Å². The Morgan fingerprint density at radius 2 is 0.882 bits per heavy atom. The van der Waals surface area contributed by atoms with E-state index in [0.29, 0.717) is 0 Å². The summed E-state index contributed by atoms with van der Waals surface area (Å²) in [5, 5.41) is 4.84. The lowest BCUT2D eigenvalue weighted by molar-refractivity contribution is 1.04. The summed E-state index contributed by atoms with van der Waals surface area (Å²) in [7, 11) is 0. The molecule has 0 spiro atoms. The molecule has 3 heterocycles. The molecule has 0 fully saturated rings. The lowest BCUT2D eigenvalue weighted by Gasteiger charge is -2.25. The molecule has 0 radical (unpaired) electrons. The van der Waals surface area contributed by atoms with Gasteiger partial charge in [-0.3, -0.25) is 9.55 Å². The van der Waals surface area contributed by atoms with Crippen molar-refractivity contribution in [2.45, 2.75) is 0 Å². The fourth-order valence-corrected chi connectivity index (χ4v) is 7.59. The Morgan fingerprint density at radius 1 is 0.392 bits per heavy atom. The minimum Gasteiger partial charge on any atom is -0.311 e. The van der Waals surface area contributed by atoms with Crippen LogP contribution in [0.2, 0.25) is 0 Å². The predicted octanol–water partition coefficient (Wildman–Crippen LogP) is 11.8. The highest BCUT2D eigenvalue weighted by Gasteiger charge is 2.17. The molecular formula is C46H31N5. The van der Waals surface area contributed by atoms with Crippen LogP contribution < -0.4 is 4.90 Å². The average molecular weight is 654 g/mol. The van der Waals surface area contributed by atoms with Crippen LogP contribution in [0.4, 0.5) is 17.1 Å². The van der Waals surface area contributed by atoms with Crippen molar-refractivity contribution in [1.82, 2.24) is 19.1 Å². The molecule has 10 rings (SSSR count). The highest BCUT2D eigenvalue weighted by atomic mass is 15.1. The summed E-state index contributed by atoms with van der Waals surface area (Å²) in [6, 6.07) is 60.8. The van der Waals surface area contributed by atoms with Crippen molar-refractivity contribution < 1.29 is 0 Å². The first-order valence-corrected chi connectivity index (χ1v) is 17.2. The Labute approximate surface area is 294 Å². The third-order valence-electron chi connectivity index (χ3n) is 9.85. The monoisotopic (exact) mass is 653 g/mol. The average Bonchev–Trinajstić information content (AvgIpc) is 3.72. The van der Waals surface area contributed by atoms with Gasteiger partial charge < -0.3 is 9.47 Å². The van der Waals surface area contributed by atoms with Gasteiger partial charge in [0.05, 0.1) is 28.3 Å². The van der Waals surface area contributed by atoms with Crippen molar-refractivity contribution in [1.29, 1.82) is 0 Å². The largest absolute Gasteiger partial charge is 0.311 e. The van der Waals surface area contributed by atoms with Crippen LogP contribution in [-0.4, -0.2) is 19.1 Å². The van der Waals surface area contributed by atoms with Crippen LogP contribution >= 0.6 is 0 Å². The third-order valence-corrected chi connectivity index (χ3v) is 9.85. The second-order valence-electron chi connectivity index (χ2n) is 12.8. The summed E-state index contributed by atoms with van der Waals surface area (Å²) in [6.45, 7) is 0. The molecule has 7 aromatic carbocycles. The first-order chi connectivity index (χ1) is 25.3. The van der Waals surface area contributed by atoms with E-state index in [1.165, 1.54) is 43.7 Å². The Morgan fingerprint density at radius 3 is 1.45 bits per heavy atom. The molecule has 0 saturated carbocycles. The smallest absolute Gasteiger partial charge is 0.156 e. The van der Waals surface area contributed by atoms with E-state index in [1.807, 2.05) is 6.20 Å². The predicted molar refractivity (Wildman–Crippen MR) is 211 cm³/mol. The maximum Gasteiger partial charge on any atom is 0.156 e. The summed E-state index contributed by atoms with van der Waals surface area (Å²) in [5.74, 6) is 0.812. The first-order valence-electron chi connectivity index (χ1n) is 17.2. The molecule has 3 aromatic heterocycles. The second-order valence-corrected chi connectivity index (χ2v) is 12.8. The van der Waals surface area contributed by atoms with Crippen LogP contribution in [0.1, 0.15) is 0 Å². The number of anilines is 3. The lowest BCUT2D eigenvalue weighted by Crippen LogP contribution is -2.09. The molecule has 0 aliphatic heterocycles. The number of fused-ring (bicyclic) bond motifs is 6. The van der Waals surface area contributed by atoms with Gasteiger partial charge in [0.1, 0.15) is 0 Å². The van der Waals surface area contributed by atoms with Gasteiger partial charge >= 0.3 is 0 Å². The summed E-state index contributed by atoms with van der Waals surface area (Å²) < 4.78 is 4.58. The van der Waals surface area contributed by atoms with Crippen molar-refractivity contribution in [3.05, 3.63) is 188 Å². The van der Waals surface area contributed by atoms with Gasteiger partial charge in [0.25, 0.3) is 0 Å². The highest BCUT2D eigenvalue weighted by molar-refractivity contribution is 6.12. The van der Waals surface area contributed by atoms with Crippen LogP contribution in [0.25, 0.3) is 66.2 Å². The maximum absolute atomic E-state index is 4.63. The number of benzene rings is 7. The van der Waals surface area contributed by atoms with Crippen molar-refractivity contribution >= 4 is 60.7 Å². The molecule has 240 valence electrons. The molecule has 0 aliphatic carbocycles.